The van der Waals surface area contributed by atoms with Gasteiger partial charge in [0.1, 0.15) is 11.5 Å². The van der Waals surface area contributed by atoms with E-state index in [0.717, 1.165) is 6.08 Å². The summed E-state index contributed by atoms with van der Waals surface area (Å²) in [6, 6.07) is 13.8. The summed E-state index contributed by atoms with van der Waals surface area (Å²) < 4.78 is 69.0. The predicted octanol–water partition coefficient (Wildman–Crippen LogP) is 4.60. The maximum atomic E-state index is 13.6. The van der Waals surface area contributed by atoms with Crippen molar-refractivity contribution >= 4 is 45.0 Å². The molecule has 12 heteroatoms. The van der Waals surface area contributed by atoms with Crippen LogP contribution in [0, 0.1) is 0 Å². The molecule has 1 amide bonds. The van der Waals surface area contributed by atoms with Gasteiger partial charge in [-0.25, -0.2) is 13.6 Å². The van der Waals surface area contributed by atoms with Crippen LogP contribution in [0.3, 0.4) is 0 Å². The van der Waals surface area contributed by atoms with Crippen molar-refractivity contribution in [2.45, 2.75) is 11.1 Å². The number of furan rings is 1. The molecule has 3 aromatic rings. The summed E-state index contributed by atoms with van der Waals surface area (Å²) in [5.41, 5.74) is -1.48. The van der Waals surface area contributed by atoms with Crippen LogP contribution in [-0.4, -0.2) is 26.2 Å². The van der Waals surface area contributed by atoms with Crippen LogP contribution in [-0.2, 0) is 14.8 Å². The summed E-state index contributed by atoms with van der Waals surface area (Å²) in [5, 5.41) is 9.52. The molecule has 0 spiro atoms. The van der Waals surface area contributed by atoms with Crippen LogP contribution in [0.1, 0.15) is 5.76 Å². The highest BCUT2D eigenvalue weighted by Gasteiger charge is 2.47. The zero-order valence-electron chi connectivity index (χ0n) is 16.4. The highest BCUT2D eigenvalue weighted by molar-refractivity contribution is 7.89. The predicted molar refractivity (Wildman–Crippen MR) is 116 cm³/mol. The molecule has 4 rings (SSSR count). The number of nitrogens with two attached hydrogens (primary N) is 1. The summed E-state index contributed by atoms with van der Waals surface area (Å²) in [5.74, 6) is -0.771. The first-order chi connectivity index (χ1) is 15.4. The molecule has 1 aliphatic heterocycles. The number of benzene rings is 2. The number of alkyl halides is 3. The Hall–Kier alpha value is -3.41. The van der Waals surface area contributed by atoms with Crippen molar-refractivity contribution in [2.24, 2.45) is 10.2 Å². The number of nitrogens with zero attached hydrogens (tertiary/aromatic N) is 2. The number of hydrogen-bond donors (Lipinski definition) is 1. The van der Waals surface area contributed by atoms with E-state index in [9.17, 15) is 26.4 Å². The number of hydrazone groups is 1. The average molecular weight is 496 g/mol. The van der Waals surface area contributed by atoms with E-state index in [-0.39, 0.29) is 22.1 Å². The van der Waals surface area contributed by atoms with Crippen LogP contribution in [0.25, 0.3) is 17.4 Å². The number of amides is 1. The van der Waals surface area contributed by atoms with Crippen LogP contribution in [0.2, 0.25) is 5.02 Å². The number of carbonyl (C=O) groups is 1. The fourth-order valence-corrected chi connectivity index (χ4v) is 3.69. The second-order valence-electron chi connectivity index (χ2n) is 6.87. The molecule has 7 nitrogen and oxygen atoms in total. The zero-order valence-corrected chi connectivity index (χ0v) is 17.9. The van der Waals surface area contributed by atoms with Gasteiger partial charge in [0, 0.05) is 10.6 Å². The molecule has 1 aromatic heterocycles. The van der Waals surface area contributed by atoms with Crippen molar-refractivity contribution in [2.75, 3.05) is 5.01 Å². The van der Waals surface area contributed by atoms with Gasteiger partial charge < -0.3 is 4.42 Å². The summed E-state index contributed by atoms with van der Waals surface area (Å²) in [6.07, 6.45) is -3.94. The molecule has 170 valence electrons. The van der Waals surface area contributed by atoms with Crippen molar-refractivity contribution in [3.63, 3.8) is 0 Å². The third kappa shape index (κ3) is 4.70. The van der Waals surface area contributed by atoms with E-state index in [1.807, 2.05) is 0 Å². The molecule has 2 heterocycles. The first-order valence-electron chi connectivity index (χ1n) is 9.14. The van der Waals surface area contributed by atoms with E-state index in [0.29, 0.717) is 15.6 Å². The fourth-order valence-electron chi connectivity index (χ4n) is 3.05. The maximum Gasteiger partial charge on any atom is 0.435 e. The number of primary sulfonamides is 1. The molecule has 0 saturated carbocycles. The average Bonchev–Trinajstić information content (AvgIpc) is 3.34. The van der Waals surface area contributed by atoms with E-state index < -0.39 is 33.4 Å². The first kappa shape index (κ1) is 22.8. The monoisotopic (exact) mass is 495 g/mol. The Morgan fingerprint density at radius 2 is 1.64 bits per heavy atom. The quantitative estimate of drug-likeness (QED) is 0.534. The Labute approximate surface area is 190 Å². The summed E-state index contributed by atoms with van der Waals surface area (Å²) in [7, 11) is -3.88. The van der Waals surface area contributed by atoms with Gasteiger partial charge in [-0.15, -0.1) is 0 Å². The van der Waals surface area contributed by atoms with Gasteiger partial charge in [0.05, 0.1) is 16.2 Å². The Morgan fingerprint density at radius 1 is 1.00 bits per heavy atom. The van der Waals surface area contributed by atoms with Crippen LogP contribution < -0.4 is 10.1 Å². The zero-order chi connectivity index (χ0) is 24.0. The van der Waals surface area contributed by atoms with Gasteiger partial charge in [-0.1, -0.05) is 11.6 Å². The second-order valence-corrected chi connectivity index (χ2v) is 8.87. The number of hydrogen-bond acceptors (Lipinski definition) is 5. The molecule has 0 fully saturated rings. The van der Waals surface area contributed by atoms with Crippen LogP contribution in [0.4, 0.5) is 18.9 Å². The van der Waals surface area contributed by atoms with Gasteiger partial charge >= 0.3 is 6.18 Å². The van der Waals surface area contributed by atoms with Crippen LogP contribution in [0.5, 0.6) is 0 Å². The molecule has 0 aliphatic carbocycles. The fraction of sp³-hybridized carbons (Fsp3) is 0.0476. The molecule has 2 N–H and O–H groups in total. The lowest BCUT2D eigenvalue weighted by Crippen LogP contribution is -2.25. The molecule has 0 radical (unpaired) electrons. The van der Waals surface area contributed by atoms with Crippen LogP contribution >= 0.6 is 11.6 Å². The van der Waals surface area contributed by atoms with Crippen LogP contribution in [0.15, 0.2) is 80.7 Å². The van der Waals surface area contributed by atoms with Gasteiger partial charge in [0.2, 0.25) is 10.0 Å². The summed E-state index contributed by atoms with van der Waals surface area (Å²) in [4.78, 5) is 12.7. The lowest BCUT2D eigenvalue weighted by Gasteiger charge is -2.11. The second kappa shape index (κ2) is 8.18. The molecule has 0 bridgehead atoms. The molecule has 0 unspecified atom stereocenters. The normalized spacial score (nSPS) is 15.9. The molecule has 2 aromatic carbocycles. The number of halogens is 4. The Kier molecular flexibility index (Phi) is 5.64. The first-order valence-corrected chi connectivity index (χ1v) is 11.1. The van der Waals surface area contributed by atoms with E-state index >= 15 is 0 Å². The third-order valence-electron chi connectivity index (χ3n) is 4.60. The van der Waals surface area contributed by atoms with E-state index in [4.69, 9.17) is 21.2 Å². The highest BCUT2D eigenvalue weighted by Crippen LogP contribution is 2.34. The Balaban J connectivity index is 1.68. The van der Waals surface area contributed by atoms with Gasteiger partial charge in [-0.2, -0.15) is 23.3 Å². The van der Waals surface area contributed by atoms with Crippen molar-refractivity contribution in [1.29, 1.82) is 0 Å². The molecule has 0 saturated heterocycles. The van der Waals surface area contributed by atoms with E-state index in [2.05, 4.69) is 5.10 Å². The number of sulfonamides is 1. The summed E-state index contributed by atoms with van der Waals surface area (Å²) >= 11 is 5.80. The smallest absolute Gasteiger partial charge is 0.435 e. The molecule has 0 atom stereocenters. The lowest BCUT2D eigenvalue weighted by atomic mass is 10.1. The van der Waals surface area contributed by atoms with Gasteiger partial charge in [0.15, 0.2) is 5.71 Å². The minimum absolute atomic E-state index is 0.0289. The Bertz CT molecular complexity index is 1390. The number of carbonyl (C=O) groups excluding carboxylic acids is 1. The lowest BCUT2D eigenvalue weighted by molar-refractivity contribution is -0.114. The van der Waals surface area contributed by atoms with Crippen molar-refractivity contribution < 1.29 is 30.8 Å². The van der Waals surface area contributed by atoms with Gasteiger partial charge in [-0.05, 0) is 66.7 Å². The van der Waals surface area contributed by atoms with Crippen molar-refractivity contribution in [1.82, 2.24) is 0 Å². The SMILES string of the molecule is NS(=O)(=O)c1ccc(-c2ccc(C=C3C(=O)N(c4ccc(Cl)cc4)N=C3C(F)(F)F)o2)cc1. The van der Waals surface area contributed by atoms with Crippen molar-refractivity contribution in [3.8, 4) is 11.3 Å². The Morgan fingerprint density at radius 3 is 2.21 bits per heavy atom. The van der Waals surface area contributed by atoms with Gasteiger partial charge in [0.25, 0.3) is 5.91 Å². The van der Waals surface area contributed by atoms with Crippen molar-refractivity contribution in [3.05, 3.63) is 77.0 Å². The largest absolute Gasteiger partial charge is 0.457 e. The van der Waals surface area contributed by atoms with Gasteiger partial charge in [-0.3, -0.25) is 4.79 Å². The minimum atomic E-state index is -4.89. The minimum Gasteiger partial charge on any atom is -0.457 e. The van der Waals surface area contributed by atoms with E-state index in [1.54, 1.807) is 0 Å². The van der Waals surface area contributed by atoms with E-state index in [1.165, 1.54) is 60.7 Å². The third-order valence-corrected chi connectivity index (χ3v) is 5.78. The molecule has 1 aliphatic rings. The highest BCUT2D eigenvalue weighted by atomic mass is 35.5. The molecule has 33 heavy (non-hydrogen) atoms. The summed E-state index contributed by atoms with van der Waals surface area (Å²) in [6.45, 7) is 0. The maximum absolute atomic E-state index is 13.6. The number of rotatable bonds is 4. The standard InChI is InChI=1S/C21H13ClF3N3O4S/c22-13-3-5-14(6-4-13)28-20(29)17(19(27-28)21(23,24)25)11-15-7-10-18(32-15)12-1-8-16(9-2-12)33(26,30)31/h1-11H,(H2,26,30,31). The number of anilines is 1. The topological polar surface area (TPSA) is 106 Å². The molecular formula is C21H13ClF3N3O4S. The molecular weight excluding hydrogens is 483 g/mol.